The minimum absolute atomic E-state index is 0.00309. The van der Waals surface area contributed by atoms with E-state index >= 15 is 0 Å². The smallest absolute Gasteiger partial charge is 0.126 e. The van der Waals surface area contributed by atoms with Gasteiger partial charge in [0.05, 0.1) is 27.6 Å². The standard InChI is InChI=1S/C23H32O3/c1-14(2)18-12-20(25-6)21-17(22(18)26-7)8-9-19-15(3)16(13-24-5)10-11-23(19,21)4/h12-14H,8-11H2,1-7H3/b16-13+. The minimum atomic E-state index is -0.00309. The Hall–Kier alpha value is -1.90. The molecule has 0 bridgehead atoms. The van der Waals surface area contributed by atoms with Crippen LogP contribution in [0.3, 0.4) is 0 Å². The van der Waals surface area contributed by atoms with Crippen molar-refractivity contribution in [3.8, 4) is 11.5 Å². The van der Waals surface area contributed by atoms with Crippen LogP contribution in [0.1, 0.15) is 69.6 Å². The fourth-order valence-corrected chi connectivity index (χ4v) is 5.00. The molecule has 0 saturated heterocycles. The van der Waals surface area contributed by atoms with Crippen LogP contribution in [0.25, 0.3) is 0 Å². The van der Waals surface area contributed by atoms with E-state index in [9.17, 15) is 0 Å². The van der Waals surface area contributed by atoms with Crippen molar-refractivity contribution in [2.75, 3.05) is 21.3 Å². The number of allylic oxidation sites excluding steroid dienone is 3. The molecule has 2 aliphatic carbocycles. The molecule has 1 aromatic rings. The van der Waals surface area contributed by atoms with Crippen LogP contribution in [0.5, 0.6) is 11.5 Å². The van der Waals surface area contributed by atoms with Gasteiger partial charge in [0.2, 0.25) is 0 Å². The highest BCUT2D eigenvalue weighted by atomic mass is 16.5. The average Bonchev–Trinajstić information content (AvgIpc) is 2.62. The number of hydrogen-bond donors (Lipinski definition) is 0. The van der Waals surface area contributed by atoms with E-state index in [0.717, 1.165) is 37.2 Å². The molecule has 0 fully saturated rings. The van der Waals surface area contributed by atoms with Crippen molar-refractivity contribution in [1.29, 1.82) is 0 Å². The maximum atomic E-state index is 5.91. The van der Waals surface area contributed by atoms with Crippen molar-refractivity contribution in [3.05, 3.63) is 45.7 Å². The van der Waals surface area contributed by atoms with Gasteiger partial charge in [0, 0.05) is 22.1 Å². The lowest BCUT2D eigenvalue weighted by Crippen LogP contribution is -2.35. The summed E-state index contributed by atoms with van der Waals surface area (Å²) in [5.74, 6) is 2.47. The van der Waals surface area contributed by atoms with E-state index in [0.29, 0.717) is 5.92 Å². The maximum Gasteiger partial charge on any atom is 0.126 e. The Morgan fingerprint density at radius 2 is 1.81 bits per heavy atom. The third-order valence-electron chi connectivity index (χ3n) is 6.35. The van der Waals surface area contributed by atoms with Gasteiger partial charge in [-0.25, -0.2) is 0 Å². The van der Waals surface area contributed by atoms with Gasteiger partial charge in [-0.05, 0) is 55.7 Å². The van der Waals surface area contributed by atoms with Crippen LogP contribution in [0.4, 0.5) is 0 Å². The van der Waals surface area contributed by atoms with Gasteiger partial charge in [0.1, 0.15) is 11.5 Å². The van der Waals surface area contributed by atoms with Gasteiger partial charge in [-0.3, -0.25) is 0 Å². The summed E-state index contributed by atoms with van der Waals surface area (Å²) < 4.78 is 17.1. The molecule has 0 spiro atoms. The maximum absolute atomic E-state index is 5.91. The fourth-order valence-electron chi connectivity index (χ4n) is 5.00. The Labute approximate surface area is 158 Å². The molecule has 0 amide bonds. The number of fused-ring (bicyclic) bond motifs is 3. The first kappa shape index (κ1) is 18.9. The van der Waals surface area contributed by atoms with Gasteiger partial charge >= 0.3 is 0 Å². The molecule has 1 unspecified atom stereocenters. The molecule has 1 aromatic carbocycles. The van der Waals surface area contributed by atoms with E-state index in [2.05, 4.69) is 33.8 Å². The summed E-state index contributed by atoms with van der Waals surface area (Å²) in [6, 6.07) is 2.20. The van der Waals surface area contributed by atoms with Crippen LogP contribution in [-0.4, -0.2) is 21.3 Å². The first-order valence-corrected chi connectivity index (χ1v) is 9.59. The zero-order valence-electron chi connectivity index (χ0n) is 17.3. The molecule has 26 heavy (non-hydrogen) atoms. The highest BCUT2D eigenvalue weighted by Crippen LogP contribution is 2.56. The van der Waals surface area contributed by atoms with E-state index < -0.39 is 0 Å². The van der Waals surface area contributed by atoms with Crippen LogP contribution < -0.4 is 9.47 Å². The molecule has 0 N–H and O–H groups in total. The summed E-state index contributed by atoms with van der Waals surface area (Å²) in [5.41, 5.74) is 8.15. The van der Waals surface area contributed by atoms with Gasteiger partial charge in [0.15, 0.2) is 0 Å². The van der Waals surface area contributed by atoms with Gasteiger partial charge in [-0.1, -0.05) is 26.3 Å². The first-order valence-electron chi connectivity index (χ1n) is 9.59. The number of benzene rings is 1. The van der Waals surface area contributed by atoms with E-state index in [-0.39, 0.29) is 5.41 Å². The summed E-state index contributed by atoms with van der Waals surface area (Å²) in [4.78, 5) is 0. The van der Waals surface area contributed by atoms with Crippen molar-refractivity contribution < 1.29 is 14.2 Å². The van der Waals surface area contributed by atoms with Crippen LogP contribution >= 0.6 is 0 Å². The fraction of sp³-hybridized carbons (Fsp3) is 0.565. The molecule has 3 heteroatoms. The lowest BCUT2D eigenvalue weighted by Gasteiger charge is -2.45. The van der Waals surface area contributed by atoms with Crippen molar-refractivity contribution in [1.82, 2.24) is 0 Å². The summed E-state index contributed by atoms with van der Waals surface area (Å²) in [6.45, 7) is 9.05. The quantitative estimate of drug-likeness (QED) is 0.650. The van der Waals surface area contributed by atoms with Crippen molar-refractivity contribution >= 4 is 0 Å². The molecular formula is C23H32O3. The number of hydrogen-bond acceptors (Lipinski definition) is 3. The summed E-state index contributed by atoms with van der Waals surface area (Å²) >= 11 is 0. The molecule has 0 saturated carbocycles. The molecule has 0 radical (unpaired) electrons. The van der Waals surface area contributed by atoms with Crippen LogP contribution in [0.15, 0.2) is 29.0 Å². The molecule has 2 aliphatic rings. The Balaban J connectivity index is 2.28. The largest absolute Gasteiger partial charge is 0.504 e. The van der Waals surface area contributed by atoms with E-state index in [1.54, 1.807) is 21.3 Å². The molecule has 142 valence electrons. The van der Waals surface area contributed by atoms with Crippen molar-refractivity contribution in [3.63, 3.8) is 0 Å². The van der Waals surface area contributed by atoms with E-state index in [1.165, 1.54) is 33.4 Å². The highest BCUT2D eigenvalue weighted by molar-refractivity contribution is 5.63. The van der Waals surface area contributed by atoms with Crippen molar-refractivity contribution in [2.24, 2.45) is 0 Å². The molecular weight excluding hydrogens is 324 g/mol. The molecule has 3 nitrogen and oxygen atoms in total. The Morgan fingerprint density at radius 1 is 1.08 bits per heavy atom. The number of rotatable bonds is 4. The van der Waals surface area contributed by atoms with E-state index in [4.69, 9.17) is 14.2 Å². The molecule has 1 atom stereocenters. The number of ether oxygens (including phenoxy) is 3. The molecule has 0 aliphatic heterocycles. The van der Waals surface area contributed by atoms with Crippen LogP contribution in [-0.2, 0) is 16.6 Å². The van der Waals surface area contributed by atoms with Crippen LogP contribution in [0, 0.1) is 0 Å². The Bertz CT molecular complexity index is 770. The zero-order chi connectivity index (χ0) is 19.1. The lowest BCUT2D eigenvalue weighted by molar-refractivity contribution is 0.327. The van der Waals surface area contributed by atoms with Gasteiger partial charge in [0.25, 0.3) is 0 Å². The molecule has 3 rings (SSSR count). The number of methoxy groups -OCH3 is 3. The Kier molecular flexibility index (Phi) is 5.09. The molecule has 0 aromatic heterocycles. The first-order chi connectivity index (χ1) is 12.4. The summed E-state index contributed by atoms with van der Waals surface area (Å²) in [7, 11) is 5.32. The van der Waals surface area contributed by atoms with Gasteiger partial charge < -0.3 is 14.2 Å². The second-order valence-corrected chi connectivity index (χ2v) is 8.02. The predicted molar refractivity (Wildman–Crippen MR) is 106 cm³/mol. The second kappa shape index (κ2) is 7.02. The monoisotopic (exact) mass is 356 g/mol. The third-order valence-corrected chi connectivity index (χ3v) is 6.35. The minimum Gasteiger partial charge on any atom is -0.504 e. The van der Waals surface area contributed by atoms with Crippen molar-refractivity contribution in [2.45, 2.75) is 64.7 Å². The van der Waals surface area contributed by atoms with Gasteiger partial charge in [-0.15, -0.1) is 0 Å². The summed E-state index contributed by atoms with van der Waals surface area (Å²) in [6.07, 6.45) is 6.07. The van der Waals surface area contributed by atoms with Gasteiger partial charge in [-0.2, -0.15) is 0 Å². The molecule has 0 heterocycles. The summed E-state index contributed by atoms with van der Waals surface area (Å²) in [5, 5.41) is 0. The zero-order valence-corrected chi connectivity index (χ0v) is 17.3. The Morgan fingerprint density at radius 3 is 2.38 bits per heavy atom. The second-order valence-electron chi connectivity index (χ2n) is 8.02. The third kappa shape index (κ3) is 2.72. The van der Waals surface area contributed by atoms with Crippen LogP contribution in [0.2, 0.25) is 0 Å². The van der Waals surface area contributed by atoms with E-state index in [1.807, 2.05) is 6.26 Å². The topological polar surface area (TPSA) is 27.7 Å². The normalized spacial score (nSPS) is 23.8. The highest BCUT2D eigenvalue weighted by Gasteiger charge is 2.44. The SMILES string of the molecule is CO/C=C1\CCC2(C)C(=C1C)CCc1c(OC)c(C(C)C)cc(OC)c12. The lowest BCUT2D eigenvalue weighted by atomic mass is 9.60. The predicted octanol–water partition coefficient (Wildman–Crippen LogP) is 5.67. The average molecular weight is 357 g/mol.